The van der Waals surface area contributed by atoms with Crippen LogP contribution in [0.4, 0.5) is 5.69 Å². The van der Waals surface area contributed by atoms with Gasteiger partial charge in [0, 0.05) is 34.3 Å². The molecule has 0 radical (unpaired) electrons. The van der Waals surface area contributed by atoms with E-state index in [2.05, 4.69) is 0 Å². The van der Waals surface area contributed by atoms with Crippen LogP contribution < -0.4 is 0 Å². The van der Waals surface area contributed by atoms with E-state index in [9.17, 15) is 19.7 Å². The Morgan fingerprint density at radius 1 is 1.27 bits per heavy atom. The van der Waals surface area contributed by atoms with Crippen molar-refractivity contribution in [2.24, 2.45) is 0 Å². The van der Waals surface area contributed by atoms with Crippen LogP contribution in [0.15, 0.2) is 24.3 Å². The SMILES string of the molecule is C[C@@H]1CCC[C@@H](C)N1C(=O)COC(=O)c1cc2cc([N+](=O)[O-])ccc2s1. The summed E-state index contributed by atoms with van der Waals surface area (Å²) in [5, 5.41) is 11.5. The lowest BCUT2D eigenvalue weighted by atomic mass is 9.97. The second kappa shape index (κ2) is 7.41. The Labute approximate surface area is 154 Å². The molecule has 7 nitrogen and oxygen atoms in total. The van der Waals surface area contributed by atoms with Crippen molar-refractivity contribution in [2.75, 3.05) is 6.61 Å². The molecule has 0 aliphatic carbocycles. The number of piperidine rings is 1. The summed E-state index contributed by atoms with van der Waals surface area (Å²) in [5.74, 6) is -0.769. The van der Waals surface area contributed by atoms with Gasteiger partial charge in [-0.05, 0) is 45.2 Å². The highest BCUT2D eigenvalue weighted by Gasteiger charge is 2.29. The van der Waals surface area contributed by atoms with Gasteiger partial charge in [-0.15, -0.1) is 11.3 Å². The lowest BCUT2D eigenvalue weighted by Gasteiger charge is -2.38. The Balaban J connectivity index is 1.67. The number of nitrogens with zero attached hydrogens (tertiary/aromatic N) is 2. The normalized spacial score (nSPS) is 20.2. The molecule has 0 spiro atoms. The van der Waals surface area contributed by atoms with Crippen LogP contribution in [0.5, 0.6) is 0 Å². The summed E-state index contributed by atoms with van der Waals surface area (Å²) in [6.07, 6.45) is 3.01. The van der Waals surface area contributed by atoms with Crippen molar-refractivity contribution in [2.45, 2.75) is 45.2 Å². The fourth-order valence-corrected chi connectivity index (χ4v) is 4.37. The van der Waals surface area contributed by atoms with Crippen LogP contribution in [-0.2, 0) is 9.53 Å². The first kappa shape index (κ1) is 18.3. The van der Waals surface area contributed by atoms with Crippen molar-refractivity contribution in [1.29, 1.82) is 0 Å². The average Bonchev–Trinajstić information content (AvgIpc) is 3.02. The molecule has 1 aliphatic rings. The number of thiophene rings is 1. The molecular formula is C18H20N2O5S. The largest absolute Gasteiger partial charge is 0.451 e. The molecule has 1 saturated heterocycles. The summed E-state index contributed by atoms with van der Waals surface area (Å²) in [6.45, 7) is 3.73. The molecule has 2 atom stereocenters. The van der Waals surface area contributed by atoms with Crippen LogP contribution in [0.1, 0.15) is 42.8 Å². The van der Waals surface area contributed by atoms with Crippen molar-refractivity contribution in [1.82, 2.24) is 4.90 Å². The lowest BCUT2D eigenvalue weighted by molar-refractivity contribution is -0.384. The number of nitro benzene ring substituents is 1. The quantitative estimate of drug-likeness (QED) is 0.460. The van der Waals surface area contributed by atoms with Crippen LogP contribution in [-0.4, -0.2) is 40.4 Å². The van der Waals surface area contributed by atoms with Gasteiger partial charge in [0.05, 0.1) is 4.92 Å². The third kappa shape index (κ3) is 3.70. The summed E-state index contributed by atoms with van der Waals surface area (Å²) < 4.78 is 5.95. The maximum atomic E-state index is 12.4. The number of non-ortho nitro benzene ring substituents is 1. The predicted molar refractivity (Wildman–Crippen MR) is 98.4 cm³/mol. The number of amides is 1. The molecule has 26 heavy (non-hydrogen) atoms. The Morgan fingerprint density at radius 3 is 2.62 bits per heavy atom. The number of esters is 1. The third-order valence-electron chi connectivity index (χ3n) is 4.72. The zero-order valence-electron chi connectivity index (χ0n) is 14.6. The Kier molecular flexibility index (Phi) is 5.22. The molecule has 0 N–H and O–H groups in total. The van der Waals surface area contributed by atoms with Gasteiger partial charge < -0.3 is 9.64 Å². The number of nitro groups is 1. The minimum absolute atomic E-state index is 0.0292. The van der Waals surface area contributed by atoms with Crippen molar-refractivity contribution in [3.8, 4) is 0 Å². The molecule has 138 valence electrons. The molecule has 2 aromatic rings. The van der Waals surface area contributed by atoms with Crippen molar-refractivity contribution in [3.05, 3.63) is 39.3 Å². The van der Waals surface area contributed by atoms with E-state index in [0.717, 1.165) is 24.0 Å². The topological polar surface area (TPSA) is 89.8 Å². The zero-order chi connectivity index (χ0) is 18.8. The number of ether oxygens (including phenoxy) is 1. The monoisotopic (exact) mass is 376 g/mol. The van der Waals surface area contributed by atoms with Gasteiger partial charge >= 0.3 is 5.97 Å². The maximum absolute atomic E-state index is 12.4. The second-order valence-corrected chi connectivity index (χ2v) is 7.68. The van der Waals surface area contributed by atoms with E-state index in [1.165, 1.54) is 23.5 Å². The molecule has 0 unspecified atom stereocenters. The maximum Gasteiger partial charge on any atom is 0.348 e. The highest BCUT2D eigenvalue weighted by Crippen LogP contribution is 2.29. The molecule has 0 saturated carbocycles. The molecule has 0 bridgehead atoms. The van der Waals surface area contributed by atoms with Gasteiger partial charge in [-0.3, -0.25) is 14.9 Å². The van der Waals surface area contributed by atoms with Crippen LogP contribution in [0.3, 0.4) is 0 Å². The van der Waals surface area contributed by atoms with Gasteiger partial charge in [-0.1, -0.05) is 0 Å². The van der Waals surface area contributed by atoms with Crippen LogP contribution in [0.2, 0.25) is 0 Å². The molecule has 1 aliphatic heterocycles. The van der Waals surface area contributed by atoms with Gasteiger partial charge in [-0.2, -0.15) is 0 Å². The van der Waals surface area contributed by atoms with Gasteiger partial charge in [0.25, 0.3) is 11.6 Å². The van der Waals surface area contributed by atoms with Crippen molar-refractivity contribution < 1.29 is 19.2 Å². The summed E-state index contributed by atoms with van der Waals surface area (Å²) in [4.78, 5) is 37.2. The predicted octanol–water partition coefficient (Wildman–Crippen LogP) is 3.76. The van der Waals surface area contributed by atoms with Gasteiger partial charge in [-0.25, -0.2) is 4.79 Å². The molecule has 3 rings (SSSR count). The van der Waals surface area contributed by atoms with Crippen LogP contribution >= 0.6 is 11.3 Å². The number of rotatable bonds is 4. The van der Waals surface area contributed by atoms with Crippen molar-refractivity contribution >= 4 is 39.0 Å². The minimum Gasteiger partial charge on any atom is -0.451 e. The third-order valence-corrected chi connectivity index (χ3v) is 5.82. The van der Waals surface area contributed by atoms with E-state index in [1.807, 2.05) is 13.8 Å². The summed E-state index contributed by atoms with van der Waals surface area (Å²) >= 11 is 1.19. The standard InChI is InChI=1S/C18H20N2O5S/c1-11-4-3-5-12(2)19(11)17(21)10-25-18(22)16-9-13-8-14(20(23)24)6-7-15(13)26-16/h6-9,11-12H,3-5,10H2,1-2H3/t11-,12-/m1/s1. The molecule has 8 heteroatoms. The Bertz CT molecular complexity index is 852. The highest BCUT2D eigenvalue weighted by molar-refractivity contribution is 7.20. The number of hydrogen-bond acceptors (Lipinski definition) is 6. The molecular weight excluding hydrogens is 356 g/mol. The first-order valence-electron chi connectivity index (χ1n) is 8.53. The Hall–Kier alpha value is -2.48. The molecule has 2 heterocycles. The van der Waals surface area contributed by atoms with E-state index in [-0.39, 0.29) is 30.3 Å². The Morgan fingerprint density at radius 2 is 1.96 bits per heavy atom. The fraction of sp³-hybridized carbons (Fsp3) is 0.444. The zero-order valence-corrected chi connectivity index (χ0v) is 15.5. The van der Waals surface area contributed by atoms with Crippen LogP contribution in [0, 0.1) is 10.1 Å². The van der Waals surface area contributed by atoms with E-state index in [4.69, 9.17) is 4.74 Å². The van der Waals surface area contributed by atoms with Crippen molar-refractivity contribution in [3.63, 3.8) is 0 Å². The molecule has 1 aromatic heterocycles. The average molecular weight is 376 g/mol. The van der Waals surface area contributed by atoms with Gasteiger partial charge in [0.2, 0.25) is 0 Å². The highest BCUT2D eigenvalue weighted by atomic mass is 32.1. The second-order valence-electron chi connectivity index (χ2n) is 6.60. The first-order chi connectivity index (χ1) is 12.4. The van der Waals surface area contributed by atoms with Gasteiger partial charge in [0.1, 0.15) is 4.88 Å². The number of fused-ring (bicyclic) bond motifs is 1. The number of benzene rings is 1. The van der Waals surface area contributed by atoms with E-state index < -0.39 is 10.9 Å². The van der Waals surface area contributed by atoms with E-state index in [0.29, 0.717) is 10.3 Å². The first-order valence-corrected chi connectivity index (χ1v) is 9.34. The molecule has 1 amide bonds. The minimum atomic E-state index is -0.584. The smallest absolute Gasteiger partial charge is 0.348 e. The number of carbonyl (C=O) groups excluding carboxylic acids is 2. The number of likely N-dealkylation sites (tertiary alicyclic amines) is 1. The van der Waals surface area contributed by atoms with E-state index >= 15 is 0 Å². The summed E-state index contributed by atoms with van der Waals surface area (Å²) in [5.41, 5.74) is -0.0292. The molecule has 1 fully saturated rings. The molecule has 1 aromatic carbocycles. The lowest BCUT2D eigenvalue weighted by Crippen LogP contribution is -2.49. The number of carbonyl (C=O) groups is 2. The fourth-order valence-electron chi connectivity index (χ4n) is 3.43. The van der Waals surface area contributed by atoms with E-state index in [1.54, 1.807) is 17.0 Å². The summed E-state index contributed by atoms with van der Waals surface area (Å²) in [7, 11) is 0. The summed E-state index contributed by atoms with van der Waals surface area (Å²) in [6, 6.07) is 6.29. The van der Waals surface area contributed by atoms with Crippen LogP contribution in [0.25, 0.3) is 10.1 Å². The number of hydrogen-bond donors (Lipinski definition) is 0. The van der Waals surface area contributed by atoms with Gasteiger partial charge in [0.15, 0.2) is 6.61 Å².